The standard InChI is InChI=1S/C10H17N3O4S/c1-4-5-13(7-10(14)15)18(16,17)9-6-11-12(3)8(9)2/h6H,4-5,7H2,1-3H3,(H,14,15). The van der Waals surface area contributed by atoms with Crippen LogP contribution in [0.3, 0.4) is 0 Å². The maximum absolute atomic E-state index is 12.3. The predicted molar refractivity (Wildman–Crippen MR) is 64.6 cm³/mol. The Morgan fingerprint density at radius 3 is 2.56 bits per heavy atom. The molecule has 0 unspecified atom stereocenters. The number of nitrogens with zero attached hydrogens (tertiary/aromatic N) is 3. The highest BCUT2D eigenvalue weighted by Crippen LogP contribution is 2.19. The average Bonchev–Trinajstić information content (AvgIpc) is 2.59. The fraction of sp³-hybridized carbons (Fsp3) is 0.600. The Balaban J connectivity index is 3.16. The third-order valence-corrected chi connectivity index (χ3v) is 4.54. The number of aliphatic carboxylic acids is 1. The summed E-state index contributed by atoms with van der Waals surface area (Å²) in [6.07, 6.45) is 1.79. The first-order chi connectivity index (χ1) is 8.30. The molecular formula is C10H17N3O4S. The van der Waals surface area contributed by atoms with Crippen molar-refractivity contribution in [2.45, 2.75) is 25.2 Å². The Morgan fingerprint density at radius 2 is 2.17 bits per heavy atom. The van der Waals surface area contributed by atoms with Crippen molar-refractivity contribution in [3.05, 3.63) is 11.9 Å². The molecule has 1 aromatic heterocycles. The van der Waals surface area contributed by atoms with E-state index in [0.29, 0.717) is 12.1 Å². The van der Waals surface area contributed by atoms with Crippen LogP contribution >= 0.6 is 0 Å². The number of carboxylic acids is 1. The van der Waals surface area contributed by atoms with E-state index >= 15 is 0 Å². The highest BCUT2D eigenvalue weighted by Gasteiger charge is 2.28. The predicted octanol–water partition coefficient (Wildman–Crippen LogP) is 0.214. The summed E-state index contributed by atoms with van der Waals surface area (Å²) >= 11 is 0. The molecule has 0 atom stereocenters. The van der Waals surface area contributed by atoms with Crippen molar-refractivity contribution >= 4 is 16.0 Å². The van der Waals surface area contributed by atoms with E-state index in [1.54, 1.807) is 20.9 Å². The van der Waals surface area contributed by atoms with Crippen molar-refractivity contribution in [3.63, 3.8) is 0 Å². The zero-order valence-electron chi connectivity index (χ0n) is 10.6. The SMILES string of the molecule is CCCN(CC(=O)O)S(=O)(=O)c1cnn(C)c1C. The summed E-state index contributed by atoms with van der Waals surface area (Å²) in [4.78, 5) is 10.8. The second kappa shape index (κ2) is 5.49. The van der Waals surface area contributed by atoms with Gasteiger partial charge >= 0.3 is 5.97 Å². The summed E-state index contributed by atoms with van der Waals surface area (Å²) in [5.41, 5.74) is 0.487. The molecule has 0 radical (unpaired) electrons. The molecule has 1 rings (SSSR count). The van der Waals surface area contributed by atoms with Crippen molar-refractivity contribution in [2.24, 2.45) is 7.05 Å². The minimum Gasteiger partial charge on any atom is -0.480 e. The van der Waals surface area contributed by atoms with Gasteiger partial charge in [0.05, 0.1) is 11.9 Å². The number of hydrogen-bond donors (Lipinski definition) is 1. The molecular weight excluding hydrogens is 258 g/mol. The van der Waals surface area contributed by atoms with Gasteiger partial charge in [-0.3, -0.25) is 9.48 Å². The smallest absolute Gasteiger partial charge is 0.318 e. The lowest BCUT2D eigenvalue weighted by molar-refractivity contribution is -0.137. The van der Waals surface area contributed by atoms with E-state index in [2.05, 4.69) is 5.10 Å². The quantitative estimate of drug-likeness (QED) is 0.801. The molecule has 0 fully saturated rings. The van der Waals surface area contributed by atoms with E-state index in [-0.39, 0.29) is 11.4 Å². The number of rotatable bonds is 6. The lowest BCUT2D eigenvalue weighted by Crippen LogP contribution is -2.36. The van der Waals surface area contributed by atoms with Crippen LogP contribution in [0.25, 0.3) is 0 Å². The van der Waals surface area contributed by atoms with E-state index < -0.39 is 22.5 Å². The minimum atomic E-state index is -3.80. The Hall–Kier alpha value is -1.41. The molecule has 0 saturated carbocycles. The first-order valence-corrected chi connectivity index (χ1v) is 6.95. The van der Waals surface area contributed by atoms with E-state index in [1.165, 1.54) is 10.9 Å². The molecule has 0 bridgehead atoms. The molecule has 102 valence electrons. The second-order valence-corrected chi connectivity index (χ2v) is 5.86. The molecule has 18 heavy (non-hydrogen) atoms. The topological polar surface area (TPSA) is 92.5 Å². The molecule has 0 saturated heterocycles. The maximum atomic E-state index is 12.3. The maximum Gasteiger partial charge on any atom is 0.318 e. The number of carboxylic acid groups (broad SMARTS) is 1. The third kappa shape index (κ3) is 2.88. The average molecular weight is 275 g/mol. The Labute approximate surface area is 106 Å². The van der Waals surface area contributed by atoms with Gasteiger partial charge in [-0.2, -0.15) is 9.40 Å². The summed E-state index contributed by atoms with van der Waals surface area (Å²) in [7, 11) is -2.16. The number of carbonyl (C=O) groups is 1. The Bertz CT molecular complexity index is 535. The molecule has 0 aliphatic carbocycles. The molecule has 0 amide bonds. The fourth-order valence-electron chi connectivity index (χ4n) is 1.56. The lowest BCUT2D eigenvalue weighted by atomic mass is 10.5. The first kappa shape index (κ1) is 14.7. The van der Waals surface area contributed by atoms with Crippen LogP contribution in [0.4, 0.5) is 0 Å². The van der Waals surface area contributed by atoms with Crippen molar-refractivity contribution in [3.8, 4) is 0 Å². The molecule has 0 spiro atoms. The van der Waals surface area contributed by atoms with Crippen molar-refractivity contribution < 1.29 is 18.3 Å². The highest BCUT2D eigenvalue weighted by molar-refractivity contribution is 7.89. The molecule has 8 heteroatoms. The van der Waals surface area contributed by atoms with Gasteiger partial charge in [-0.25, -0.2) is 8.42 Å². The molecule has 0 aliphatic heterocycles. The second-order valence-electron chi connectivity index (χ2n) is 3.95. The van der Waals surface area contributed by atoms with Crippen molar-refractivity contribution in [1.29, 1.82) is 0 Å². The summed E-state index contributed by atoms with van der Waals surface area (Å²) in [5, 5.41) is 12.6. The van der Waals surface area contributed by atoms with E-state index in [1.807, 2.05) is 0 Å². The zero-order chi connectivity index (χ0) is 13.9. The molecule has 0 aliphatic rings. The van der Waals surface area contributed by atoms with Crippen LogP contribution in [0, 0.1) is 6.92 Å². The largest absolute Gasteiger partial charge is 0.480 e. The van der Waals surface area contributed by atoms with Gasteiger partial charge in [0, 0.05) is 13.6 Å². The molecule has 1 aromatic rings. The van der Waals surface area contributed by atoms with Gasteiger partial charge < -0.3 is 5.11 Å². The van der Waals surface area contributed by atoms with Gasteiger partial charge in [0.25, 0.3) is 0 Å². The Kier molecular flexibility index (Phi) is 4.47. The summed E-state index contributed by atoms with van der Waals surface area (Å²) in [5.74, 6) is -1.17. The van der Waals surface area contributed by atoms with Crippen LogP contribution in [0.15, 0.2) is 11.1 Å². The van der Waals surface area contributed by atoms with Crippen LogP contribution in [-0.4, -0.2) is 46.7 Å². The molecule has 1 N–H and O–H groups in total. The van der Waals surface area contributed by atoms with Gasteiger partial charge in [0.1, 0.15) is 11.4 Å². The van der Waals surface area contributed by atoms with E-state index in [4.69, 9.17) is 5.11 Å². The normalized spacial score (nSPS) is 12.0. The monoisotopic (exact) mass is 275 g/mol. The Morgan fingerprint density at radius 1 is 1.56 bits per heavy atom. The van der Waals surface area contributed by atoms with Gasteiger partial charge in [-0.15, -0.1) is 0 Å². The minimum absolute atomic E-state index is 0.0553. The number of sulfonamides is 1. The number of hydrogen-bond acceptors (Lipinski definition) is 4. The zero-order valence-corrected chi connectivity index (χ0v) is 11.4. The van der Waals surface area contributed by atoms with Crippen LogP contribution in [0.1, 0.15) is 19.0 Å². The third-order valence-electron chi connectivity index (χ3n) is 2.59. The lowest BCUT2D eigenvalue weighted by Gasteiger charge is -2.19. The van der Waals surface area contributed by atoms with Crippen LogP contribution in [-0.2, 0) is 21.9 Å². The van der Waals surface area contributed by atoms with Crippen LogP contribution in [0.5, 0.6) is 0 Å². The number of aromatic nitrogens is 2. The van der Waals surface area contributed by atoms with Gasteiger partial charge in [0.15, 0.2) is 0 Å². The highest BCUT2D eigenvalue weighted by atomic mass is 32.2. The van der Waals surface area contributed by atoms with Crippen molar-refractivity contribution in [1.82, 2.24) is 14.1 Å². The molecule has 0 aromatic carbocycles. The molecule has 7 nitrogen and oxygen atoms in total. The molecule has 1 heterocycles. The van der Waals surface area contributed by atoms with Crippen LogP contribution in [0.2, 0.25) is 0 Å². The van der Waals surface area contributed by atoms with Crippen molar-refractivity contribution in [2.75, 3.05) is 13.1 Å². The van der Waals surface area contributed by atoms with Gasteiger partial charge in [-0.1, -0.05) is 6.92 Å². The summed E-state index contributed by atoms with van der Waals surface area (Å²) < 4.78 is 27.0. The van der Waals surface area contributed by atoms with E-state index in [0.717, 1.165) is 4.31 Å². The first-order valence-electron chi connectivity index (χ1n) is 5.51. The van der Waals surface area contributed by atoms with Gasteiger partial charge in [-0.05, 0) is 13.3 Å². The summed E-state index contributed by atoms with van der Waals surface area (Å²) in [6, 6.07) is 0. The fourth-order valence-corrected chi connectivity index (χ4v) is 3.22. The van der Waals surface area contributed by atoms with Gasteiger partial charge in [0.2, 0.25) is 10.0 Å². The van der Waals surface area contributed by atoms with E-state index in [9.17, 15) is 13.2 Å². The summed E-state index contributed by atoms with van der Waals surface area (Å²) in [6.45, 7) is 3.05. The number of aryl methyl sites for hydroxylation is 1. The van der Waals surface area contributed by atoms with Crippen LogP contribution < -0.4 is 0 Å².